The van der Waals surface area contributed by atoms with Crippen LogP contribution in [-0.4, -0.2) is 36.6 Å². The maximum atomic E-state index is 12.6. The molecular formula is C14H23F3N2O. The normalized spacial score (nSPS) is 31.6. The van der Waals surface area contributed by atoms with E-state index in [9.17, 15) is 18.0 Å². The summed E-state index contributed by atoms with van der Waals surface area (Å²) in [4.78, 5) is 14.2. The third-order valence-electron chi connectivity index (χ3n) is 4.71. The third-order valence-corrected chi connectivity index (χ3v) is 4.71. The molecule has 1 atom stereocenters. The first kappa shape index (κ1) is 15.6. The highest BCUT2D eigenvalue weighted by molar-refractivity contribution is 5.79. The Balaban J connectivity index is 1.81. The zero-order valence-corrected chi connectivity index (χ0v) is 11.7. The van der Waals surface area contributed by atoms with E-state index in [-0.39, 0.29) is 24.7 Å². The molecule has 0 spiro atoms. The van der Waals surface area contributed by atoms with Crippen molar-refractivity contribution in [2.75, 3.05) is 19.6 Å². The predicted octanol–water partition coefficient (Wildman–Crippen LogP) is 2.55. The molecule has 1 aliphatic carbocycles. The Morgan fingerprint density at radius 2 is 1.80 bits per heavy atom. The van der Waals surface area contributed by atoms with Crippen molar-refractivity contribution in [3.05, 3.63) is 0 Å². The van der Waals surface area contributed by atoms with Crippen molar-refractivity contribution in [2.24, 2.45) is 23.5 Å². The van der Waals surface area contributed by atoms with E-state index < -0.39 is 12.1 Å². The minimum absolute atomic E-state index is 0.0603. The number of alkyl halides is 3. The second-order valence-electron chi connectivity index (χ2n) is 6.11. The van der Waals surface area contributed by atoms with Crippen molar-refractivity contribution in [2.45, 2.75) is 44.7 Å². The lowest BCUT2D eigenvalue weighted by atomic mass is 9.81. The molecular weight excluding hydrogens is 269 g/mol. The summed E-state index contributed by atoms with van der Waals surface area (Å²) in [6.45, 7) is 2.10. The lowest BCUT2D eigenvalue weighted by Crippen LogP contribution is -2.38. The number of amides is 1. The number of nitrogens with two attached hydrogens (primary N) is 1. The van der Waals surface area contributed by atoms with Gasteiger partial charge in [0.15, 0.2) is 0 Å². The number of carbonyl (C=O) groups is 1. The van der Waals surface area contributed by atoms with Crippen molar-refractivity contribution < 1.29 is 18.0 Å². The van der Waals surface area contributed by atoms with Crippen LogP contribution in [0.15, 0.2) is 0 Å². The summed E-state index contributed by atoms with van der Waals surface area (Å²) in [6.07, 6.45) is -1.26. The summed E-state index contributed by atoms with van der Waals surface area (Å²) in [5.41, 5.74) is 5.52. The van der Waals surface area contributed by atoms with Gasteiger partial charge in [0.25, 0.3) is 0 Å². The standard InChI is InChI=1S/C14H23F3N2O/c15-14(16,17)12-3-1-11(2-4-12)13(20)19-8-6-10(9-19)5-7-18/h10-12H,1-9,18H2. The van der Waals surface area contributed by atoms with Gasteiger partial charge in [-0.05, 0) is 51.0 Å². The molecule has 3 nitrogen and oxygen atoms in total. The van der Waals surface area contributed by atoms with Gasteiger partial charge in [-0.2, -0.15) is 13.2 Å². The Morgan fingerprint density at radius 1 is 1.15 bits per heavy atom. The molecule has 116 valence electrons. The number of rotatable bonds is 3. The topological polar surface area (TPSA) is 46.3 Å². The highest BCUT2D eigenvalue weighted by Crippen LogP contribution is 2.40. The first-order valence-corrected chi connectivity index (χ1v) is 7.47. The van der Waals surface area contributed by atoms with Crippen molar-refractivity contribution >= 4 is 5.91 Å². The van der Waals surface area contributed by atoms with E-state index in [4.69, 9.17) is 5.73 Å². The maximum Gasteiger partial charge on any atom is 0.391 e. The molecule has 0 aromatic heterocycles. The number of hydrogen-bond acceptors (Lipinski definition) is 2. The van der Waals surface area contributed by atoms with E-state index in [0.29, 0.717) is 25.3 Å². The van der Waals surface area contributed by atoms with Gasteiger partial charge < -0.3 is 10.6 Å². The van der Waals surface area contributed by atoms with Crippen LogP contribution in [0.2, 0.25) is 0 Å². The average molecular weight is 292 g/mol. The third kappa shape index (κ3) is 3.65. The molecule has 1 heterocycles. The minimum Gasteiger partial charge on any atom is -0.342 e. The monoisotopic (exact) mass is 292 g/mol. The summed E-state index contributed by atoms with van der Waals surface area (Å²) < 4.78 is 37.8. The van der Waals surface area contributed by atoms with Gasteiger partial charge in [0.05, 0.1) is 5.92 Å². The Morgan fingerprint density at radius 3 is 2.35 bits per heavy atom. The average Bonchev–Trinajstić information content (AvgIpc) is 2.86. The molecule has 2 fully saturated rings. The van der Waals surface area contributed by atoms with E-state index in [0.717, 1.165) is 25.9 Å². The summed E-state index contributed by atoms with van der Waals surface area (Å²) in [6, 6.07) is 0. The molecule has 2 N–H and O–H groups in total. The van der Waals surface area contributed by atoms with E-state index in [1.165, 1.54) is 0 Å². The summed E-state index contributed by atoms with van der Waals surface area (Å²) in [5.74, 6) is -0.888. The molecule has 20 heavy (non-hydrogen) atoms. The largest absolute Gasteiger partial charge is 0.391 e. The highest BCUT2D eigenvalue weighted by Gasteiger charge is 2.43. The number of carbonyl (C=O) groups excluding carboxylic acids is 1. The number of hydrogen-bond donors (Lipinski definition) is 1. The van der Waals surface area contributed by atoms with Crippen molar-refractivity contribution in [3.63, 3.8) is 0 Å². The van der Waals surface area contributed by atoms with Crippen molar-refractivity contribution in [3.8, 4) is 0 Å². The van der Waals surface area contributed by atoms with E-state index in [1.54, 1.807) is 0 Å². The van der Waals surface area contributed by atoms with Crippen LogP contribution < -0.4 is 5.73 Å². The van der Waals surface area contributed by atoms with Gasteiger partial charge in [-0.25, -0.2) is 0 Å². The Bertz CT molecular complexity index is 338. The van der Waals surface area contributed by atoms with Crippen LogP contribution in [0.1, 0.15) is 38.5 Å². The summed E-state index contributed by atoms with van der Waals surface area (Å²) >= 11 is 0. The lowest BCUT2D eigenvalue weighted by Gasteiger charge is -2.31. The Labute approximate surface area is 117 Å². The van der Waals surface area contributed by atoms with Gasteiger partial charge >= 0.3 is 6.18 Å². The fourth-order valence-electron chi connectivity index (χ4n) is 3.43. The predicted molar refractivity (Wildman–Crippen MR) is 69.9 cm³/mol. The first-order valence-electron chi connectivity index (χ1n) is 7.47. The lowest BCUT2D eigenvalue weighted by molar-refractivity contribution is -0.185. The molecule has 1 aliphatic heterocycles. The van der Waals surface area contributed by atoms with E-state index in [1.807, 2.05) is 4.90 Å². The molecule has 0 radical (unpaired) electrons. The Kier molecular flexibility index (Phi) is 4.94. The van der Waals surface area contributed by atoms with Gasteiger partial charge in [-0.15, -0.1) is 0 Å². The fraction of sp³-hybridized carbons (Fsp3) is 0.929. The van der Waals surface area contributed by atoms with Crippen molar-refractivity contribution in [1.82, 2.24) is 4.90 Å². The van der Waals surface area contributed by atoms with Crippen LogP contribution in [0.4, 0.5) is 13.2 Å². The number of nitrogens with zero attached hydrogens (tertiary/aromatic N) is 1. The second kappa shape index (κ2) is 6.33. The maximum absolute atomic E-state index is 12.6. The summed E-state index contributed by atoms with van der Waals surface area (Å²) in [5, 5.41) is 0. The van der Waals surface area contributed by atoms with Crippen LogP contribution >= 0.6 is 0 Å². The fourth-order valence-corrected chi connectivity index (χ4v) is 3.43. The van der Waals surface area contributed by atoms with Crippen LogP contribution in [0.3, 0.4) is 0 Å². The molecule has 1 unspecified atom stereocenters. The number of likely N-dealkylation sites (tertiary alicyclic amines) is 1. The van der Waals surface area contributed by atoms with Gasteiger partial charge in [0.2, 0.25) is 5.91 Å². The molecule has 2 aliphatic rings. The Hall–Kier alpha value is -0.780. The first-order chi connectivity index (χ1) is 9.41. The SMILES string of the molecule is NCCC1CCN(C(=O)C2CCC(C(F)(F)F)CC2)C1. The second-order valence-corrected chi connectivity index (χ2v) is 6.11. The molecule has 0 aromatic carbocycles. The zero-order chi connectivity index (χ0) is 14.8. The molecule has 0 aromatic rings. The smallest absolute Gasteiger partial charge is 0.342 e. The van der Waals surface area contributed by atoms with Crippen LogP contribution in [-0.2, 0) is 4.79 Å². The van der Waals surface area contributed by atoms with Crippen molar-refractivity contribution in [1.29, 1.82) is 0 Å². The van der Waals surface area contributed by atoms with Gasteiger partial charge in [-0.1, -0.05) is 0 Å². The van der Waals surface area contributed by atoms with E-state index in [2.05, 4.69) is 0 Å². The molecule has 0 bridgehead atoms. The van der Waals surface area contributed by atoms with Gasteiger partial charge in [0, 0.05) is 19.0 Å². The molecule has 1 amide bonds. The number of halogens is 3. The van der Waals surface area contributed by atoms with Gasteiger partial charge in [-0.3, -0.25) is 4.79 Å². The molecule has 1 saturated heterocycles. The highest BCUT2D eigenvalue weighted by atomic mass is 19.4. The summed E-state index contributed by atoms with van der Waals surface area (Å²) in [7, 11) is 0. The molecule has 1 saturated carbocycles. The molecule has 2 rings (SSSR count). The van der Waals surface area contributed by atoms with Crippen LogP contribution in [0.5, 0.6) is 0 Å². The van der Waals surface area contributed by atoms with Crippen LogP contribution in [0.25, 0.3) is 0 Å². The molecule has 6 heteroatoms. The van der Waals surface area contributed by atoms with Crippen LogP contribution in [0, 0.1) is 17.8 Å². The zero-order valence-electron chi connectivity index (χ0n) is 11.7. The minimum atomic E-state index is -4.10. The quantitative estimate of drug-likeness (QED) is 0.869. The van der Waals surface area contributed by atoms with E-state index >= 15 is 0 Å². The van der Waals surface area contributed by atoms with Gasteiger partial charge in [0.1, 0.15) is 0 Å².